The molecule has 0 aliphatic heterocycles. The minimum Gasteiger partial charge on any atom is -0.457 e. The molecule has 0 aliphatic carbocycles. The summed E-state index contributed by atoms with van der Waals surface area (Å²) in [7, 11) is -4.27. The van der Waals surface area contributed by atoms with E-state index in [1.807, 2.05) is 0 Å². The maximum absolute atomic E-state index is 12.6. The third-order valence-electron chi connectivity index (χ3n) is 9.87. The van der Waals surface area contributed by atoms with Crippen molar-refractivity contribution in [1.82, 2.24) is 0 Å². The van der Waals surface area contributed by atoms with Crippen molar-refractivity contribution in [3.63, 3.8) is 0 Å². The summed E-state index contributed by atoms with van der Waals surface area (Å²) in [4.78, 5) is 22.5. The van der Waals surface area contributed by atoms with Gasteiger partial charge in [-0.05, 0) is 44.9 Å². The summed E-state index contributed by atoms with van der Waals surface area (Å²) in [5.74, 6) is -0.330. The van der Waals surface area contributed by atoms with Gasteiger partial charge in [-0.25, -0.2) is 4.57 Å². The number of rotatable bonds is 44. The van der Waals surface area contributed by atoms with Crippen LogP contribution in [0.15, 0.2) is 24.3 Å². The zero-order chi connectivity index (χ0) is 39.5. The van der Waals surface area contributed by atoms with Crippen LogP contribution in [0.25, 0.3) is 0 Å². The van der Waals surface area contributed by atoms with Crippen molar-refractivity contribution in [2.45, 2.75) is 225 Å². The Morgan fingerprint density at radius 2 is 0.981 bits per heavy atom. The highest BCUT2D eigenvalue weighted by molar-refractivity contribution is 7.47. The summed E-state index contributed by atoms with van der Waals surface area (Å²) in [6.45, 7) is 4.94. The molecule has 0 heterocycles. The molecule has 0 bridgehead atoms. The monoisotopic (exact) mass is 786 g/mol. The molecule has 2 atom stereocenters. The third kappa shape index (κ3) is 42.1. The summed E-state index contributed by atoms with van der Waals surface area (Å²) < 4.78 is 33.4. The number of phosphoric acid groups is 1. The first-order chi connectivity index (χ1) is 26.4. The molecule has 8 nitrogen and oxygen atoms in total. The minimum absolute atomic E-state index is 0.0936. The molecule has 0 fully saturated rings. The predicted octanol–water partition coefficient (Wildman–Crippen LogP) is 13.6. The number of carbonyl (C=O) groups excluding carboxylic acids is 1. The lowest BCUT2D eigenvalue weighted by molar-refractivity contribution is -0.154. The molecule has 0 saturated heterocycles. The molecule has 0 saturated carbocycles. The smallest absolute Gasteiger partial charge is 0.457 e. The second-order valence-corrected chi connectivity index (χ2v) is 16.7. The molecule has 0 spiro atoms. The number of hydrogen-bond acceptors (Lipinski definition) is 7. The number of carbonyl (C=O) groups is 1. The van der Waals surface area contributed by atoms with Crippen LogP contribution in [0.3, 0.4) is 0 Å². The van der Waals surface area contributed by atoms with Gasteiger partial charge in [0.2, 0.25) is 0 Å². The van der Waals surface area contributed by atoms with E-state index in [2.05, 4.69) is 38.2 Å². The molecule has 3 N–H and O–H groups in total. The van der Waals surface area contributed by atoms with Crippen LogP contribution in [0.2, 0.25) is 0 Å². The highest BCUT2D eigenvalue weighted by Crippen LogP contribution is 2.43. The van der Waals surface area contributed by atoms with Crippen molar-refractivity contribution in [3.05, 3.63) is 24.3 Å². The largest absolute Gasteiger partial charge is 0.472 e. The van der Waals surface area contributed by atoms with Crippen LogP contribution < -0.4 is 5.73 Å². The Kier molecular flexibility index (Phi) is 42.3. The van der Waals surface area contributed by atoms with E-state index in [-0.39, 0.29) is 32.3 Å². The van der Waals surface area contributed by atoms with E-state index in [0.29, 0.717) is 13.0 Å². The molecule has 9 heteroatoms. The van der Waals surface area contributed by atoms with Gasteiger partial charge in [-0.2, -0.15) is 0 Å². The zero-order valence-electron chi connectivity index (χ0n) is 35.5. The topological polar surface area (TPSA) is 117 Å². The summed E-state index contributed by atoms with van der Waals surface area (Å²) in [5, 5.41) is 0. The van der Waals surface area contributed by atoms with E-state index in [0.717, 1.165) is 38.5 Å². The number of esters is 1. The van der Waals surface area contributed by atoms with E-state index in [9.17, 15) is 14.3 Å². The second-order valence-electron chi connectivity index (χ2n) is 15.3. The number of hydrogen-bond donors (Lipinski definition) is 2. The van der Waals surface area contributed by atoms with Crippen molar-refractivity contribution < 1.29 is 32.8 Å². The maximum Gasteiger partial charge on any atom is 0.472 e. The molecule has 54 heavy (non-hydrogen) atoms. The second kappa shape index (κ2) is 43.1. The van der Waals surface area contributed by atoms with Gasteiger partial charge in [0.1, 0.15) is 6.10 Å². The first kappa shape index (κ1) is 53.0. The van der Waals surface area contributed by atoms with E-state index in [1.165, 1.54) is 161 Å². The van der Waals surface area contributed by atoms with Crippen molar-refractivity contribution in [2.75, 3.05) is 33.0 Å². The Labute approximate surface area is 334 Å². The summed E-state index contributed by atoms with van der Waals surface area (Å²) in [6.07, 6.45) is 47.7. The van der Waals surface area contributed by atoms with Crippen LogP contribution in [-0.4, -0.2) is 49.9 Å². The lowest BCUT2D eigenvalue weighted by Crippen LogP contribution is -2.28. The first-order valence-corrected chi connectivity index (χ1v) is 24.3. The number of phosphoric ester groups is 1. The van der Waals surface area contributed by atoms with Gasteiger partial charge < -0.3 is 20.1 Å². The molecule has 0 aliphatic rings. The predicted molar refractivity (Wildman–Crippen MR) is 229 cm³/mol. The molecule has 320 valence electrons. The maximum atomic E-state index is 12.6. The third-order valence-corrected chi connectivity index (χ3v) is 10.9. The fraction of sp³-hybridized carbons (Fsp3) is 0.889. The van der Waals surface area contributed by atoms with Crippen LogP contribution in [0.4, 0.5) is 0 Å². The average Bonchev–Trinajstić information content (AvgIpc) is 3.16. The van der Waals surface area contributed by atoms with Gasteiger partial charge in [0, 0.05) is 19.6 Å². The molecular formula is C45H88NO7P. The molecule has 0 aromatic carbocycles. The fourth-order valence-corrected chi connectivity index (χ4v) is 7.26. The van der Waals surface area contributed by atoms with Crippen LogP contribution in [-0.2, 0) is 27.9 Å². The Morgan fingerprint density at radius 1 is 0.556 bits per heavy atom. The standard InChI is InChI=1S/C45H88NO7P/c1-3-5-7-9-11-13-15-17-18-19-20-21-22-23-24-25-26-27-28-30-32-34-36-38-45(47)53-44(43-52-54(48,49)51-41-39-46)42-50-40-37-35-33-31-29-16-14-12-10-8-6-4-2/h15,17,19-20,44H,3-14,16,18,21-43,46H2,1-2H3,(H,48,49)/b17-15-,20-19-. The normalized spacial score (nSPS) is 13.6. The highest BCUT2D eigenvalue weighted by Gasteiger charge is 2.25. The Balaban J connectivity index is 3.93. The summed E-state index contributed by atoms with van der Waals surface area (Å²) in [6, 6.07) is 0. The van der Waals surface area contributed by atoms with Crippen molar-refractivity contribution in [2.24, 2.45) is 5.73 Å². The SMILES string of the molecule is CCCCCCC/C=C\C/C=C\CCCCCCCCCCCCCC(=O)OC(COCCCCCCCCCCCCCC)COP(=O)(O)OCCN. The van der Waals surface area contributed by atoms with E-state index in [4.69, 9.17) is 24.3 Å². The number of nitrogens with two attached hydrogens (primary N) is 1. The molecule has 0 aromatic heterocycles. The van der Waals surface area contributed by atoms with Crippen LogP contribution in [0, 0.1) is 0 Å². The number of unbranched alkanes of at least 4 members (excludes halogenated alkanes) is 27. The molecule has 0 aromatic rings. The van der Waals surface area contributed by atoms with E-state index >= 15 is 0 Å². The first-order valence-electron chi connectivity index (χ1n) is 22.8. The quantitative estimate of drug-likeness (QED) is 0.0271. The van der Waals surface area contributed by atoms with E-state index < -0.39 is 13.9 Å². The van der Waals surface area contributed by atoms with Crippen molar-refractivity contribution in [3.8, 4) is 0 Å². The van der Waals surface area contributed by atoms with Crippen molar-refractivity contribution in [1.29, 1.82) is 0 Å². The van der Waals surface area contributed by atoms with Gasteiger partial charge in [-0.3, -0.25) is 13.8 Å². The lowest BCUT2D eigenvalue weighted by Gasteiger charge is -2.20. The van der Waals surface area contributed by atoms with Gasteiger partial charge in [0.05, 0.1) is 19.8 Å². The lowest BCUT2D eigenvalue weighted by atomic mass is 10.0. The van der Waals surface area contributed by atoms with Gasteiger partial charge in [-0.1, -0.05) is 192 Å². The number of ether oxygens (including phenoxy) is 2. The molecule has 0 rings (SSSR count). The molecule has 0 radical (unpaired) electrons. The van der Waals surface area contributed by atoms with Gasteiger partial charge in [0.15, 0.2) is 0 Å². The van der Waals surface area contributed by atoms with Gasteiger partial charge in [0.25, 0.3) is 0 Å². The van der Waals surface area contributed by atoms with E-state index in [1.54, 1.807) is 0 Å². The Bertz CT molecular complexity index is 884. The van der Waals surface area contributed by atoms with Crippen LogP contribution in [0.1, 0.15) is 219 Å². The highest BCUT2D eigenvalue weighted by atomic mass is 31.2. The minimum atomic E-state index is -4.27. The number of allylic oxidation sites excluding steroid dienone is 4. The molecule has 0 amide bonds. The van der Waals surface area contributed by atoms with Crippen LogP contribution >= 0.6 is 7.82 Å². The zero-order valence-corrected chi connectivity index (χ0v) is 36.4. The molecular weight excluding hydrogens is 697 g/mol. The Morgan fingerprint density at radius 3 is 1.44 bits per heavy atom. The molecule has 2 unspecified atom stereocenters. The van der Waals surface area contributed by atoms with Crippen LogP contribution in [0.5, 0.6) is 0 Å². The summed E-state index contributed by atoms with van der Waals surface area (Å²) in [5.41, 5.74) is 5.37. The summed E-state index contributed by atoms with van der Waals surface area (Å²) >= 11 is 0. The average molecular weight is 786 g/mol. The van der Waals surface area contributed by atoms with Gasteiger partial charge >= 0.3 is 13.8 Å². The fourth-order valence-electron chi connectivity index (χ4n) is 6.50. The Hall–Kier alpha value is -1.02. The van der Waals surface area contributed by atoms with Crippen molar-refractivity contribution >= 4 is 13.8 Å². The van der Waals surface area contributed by atoms with Gasteiger partial charge in [-0.15, -0.1) is 0 Å².